The topological polar surface area (TPSA) is 17.1 Å². The number of carbonyl (C=O) groups is 1. The number of hydrogen-bond acceptors (Lipinski definition) is 1. The Bertz CT molecular complexity index is 624. The molecule has 2 aromatic carbocycles. The molecule has 1 aliphatic rings. The van der Waals surface area contributed by atoms with E-state index in [-0.39, 0.29) is 11.7 Å². The number of Topliss-reactive ketones (excluding diaryl/α,β-unsaturated/α-hetero) is 1. The van der Waals surface area contributed by atoms with Crippen LogP contribution in [0.1, 0.15) is 21.5 Å². The van der Waals surface area contributed by atoms with Crippen LogP contribution in [0.2, 0.25) is 10.0 Å². The van der Waals surface area contributed by atoms with Gasteiger partial charge in [-0.1, -0.05) is 47.5 Å². The second kappa shape index (κ2) is 4.99. The Labute approximate surface area is 122 Å². The zero-order valence-electron chi connectivity index (χ0n) is 10.2. The summed E-state index contributed by atoms with van der Waals surface area (Å²) in [5.41, 5.74) is 3.06. The smallest absolute Gasteiger partial charge is 0.168 e. The van der Waals surface area contributed by atoms with Crippen molar-refractivity contribution in [1.82, 2.24) is 0 Å². The monoisotopic (exact) mass is 290 g/mol. The summed E-state index contributed by atoms with van der Waals surface area (Å²) in [7, 11) is 0. The maximum atomic E-state index is 12.5. The Morgan fingerprint density at radius 2 is 1.63 bits per heavy atom. The summed E-state index contributed by atoms with van der Waals surface area (Å²) in [5.74, 6) is 0.0667. The van der Waals surface area contributed by atoms with Gasteiger partial charge in [-0.25, -0.2) is 0 Å². The number of rotatable bonds is 2. The van der Waals surface area contributed by atoms with Crippen molar-refractivity contribution in [3.63, 3.8) is 0 Å². The Hall–Kier alpha value is -1.31. The van der Waals surface area contributed by atoms with Gasteiger partial charge in [0.25, 0.3) is 0 Å². The van der Waals surface area contributed by atoms with Gasteiger partial charge in [0, 0.05) is 16.5 Å². The number of fused-ring (bicyclic) bond motifs is 1. The van der Waals surface area contributed by atoms with Crippen molar-refractivity contribution in [2.75, 3.05) is 0 Å². The van der Waals surface area contributed by atoms with Gasteiger partial charge in [0.2, 0.25) is 0 Å². The van der Waals surface area contributed by atoms with E-state index in [9.17, 15) is 4.79 Å². The van der Waals surface area contributed by atoms with Crippen molar-refractivity contribution < 1.29 is 4.79 Å². The lowest BCUT2D eigenvalue weighted by Gasteiger charge is -2.09. The first kappa shape index (κ1) is 12.7. The molecule has 0 saturated carbocycles. The van der Waals surface area contributed by atoms with E-state index in [0.717, 1.165) is 12.8 Å². The molecule has 0 spiro atoms. The number of halogens is 2. The van der Waals surface area contributed by atoms with Gasteiger partial charge in [-0.15, -0.1) is 0 Å². The summed E-state index contributed by atoms with van der Waals surface area (Å²) >= 11 is 12.0. The average Bonchev–Trinajstić information content (AvgIpc) is 2.84. The Morgan fingerprint density at radius 3 is 2.26 bits per heavy atom. The lowest BCUT2D eigenvalue weighted by Crippen LogP contribution is -2.15. The molecule has 1 aliphatic carbocycles. The molecule has 3 rings (SSSR count). The summed E-state index contributed by atoms with van der Waals surface area (Å²) in [4.78, 5) is 12.5. The van der Waals surface area contributed by atoms with Gasteiger partial charge >= 0.3 is 0 Å². The fourth-order valence-corrected chi connectivity index (χ4v) is 3.03. The van der Waals surface area contributed by atoms with E-state index in [1.807, 2.05) is 12.1 Å². The molecule has 1 nitrogen and oxygen atoms in total. The normalized spacial score (nSPS) is 14.4. The quantitative estimate of drug-likeness (QED) is 0.739. The minimum atomic E-state index is -0.0200. The minimum Gasteiger partial charge on any atom is -0.294 e. The van der Waals surface area contributed by atoms with E-state index in [1.165, 1.54) is 11.1 Å². The molecule has 0 bridgehead atoms. The standard InChI is InChI=1S/C16H12Cl2O/c17-13-5-6-15(18)14(9-13)16(19)12-7-10-3-1-2-4-11(10)8-12/h1-6,9,12H,7-8H2. The third-order valence-corrected chi connectivity index (χ3v) is 4.18. The predicted molar refractivity (Wildman–Crippen MR) is 78.1 cm³/mol. The van der Waals surface area contributed by atoms with E-state index < -0.39 is 0 Å². The van der Waals surface area contributed by atoms with Gasteiger partial charge in [-0.05, 0) is 42.2 Å². The second-order valence-corrected chi connectivity index (χ2v) is 5.71. The highest BCUT2D eigenvalue weighted by molar-refractivity contribution is 6.36. The number of benzene rings is 2. The molecule has 96 valence electrons. The van der Waals surface area contributed by atoms with Gasteiger partial charge in [0.1, 0.15) is 0 Å². The number of ketones is 1. The van der Waals surface area contributed by atoms with Crippen molar-refractivity contribution in [2.45, 2.75) is 12.8 Å². The van der Waals surface area contributed by atoms with Crippen LogP contribution in [-0.2, 0) is 12.8 Å². The van der Waals surface area contributed by atoms with Crippen molar-refractivity contribution in [3.05, 3.63) is 69.2 Å². The van der Waals surface area contributed by atoms with E-state index in [2.05, 4.69) is 12.1 Å². The van der Waals surface area contributed by atoms with Crippen molar-refractivity contribution in [2.24, 2.45) is 5.92 Å². The molecular formula is C16H12Cl2O. The lowest BCUT2D eigenvalue weighted by molar-refractivity contribution is 0.0925. The van der Waals surface area contributed by atoms with Crippen molar-refractivity contribution >= 4 is 29.0 Å². The molecule has 0 heterocycles. The zero-order valence-corrected chi connectivity index (χ0v) is 11.7. The van der Waals surface area contributed by atoms with Crippen LogP contribution in [0, 0.1) is 5.92 Å². The largest absolute Gasteiger partial charge is 0.294 e. The van der Waals surface area contributed by atoms with Crippen LogP contribution >= 0.6 is 23.2 Å². The summed E-state index contributed by atoms with van der Waals surface area (Å²) < 4.78 is 0. The van der Waals surface area contributed by atoms with Gasteiger partial charge in [-0.3, -0.25) is 4.79 Å². The minimum absolute atomic E-state index is 0.0200. The van der Waals surface area contributed by atoms with Crippen molar-refractivity contribution in [3.8, 4) is 0 Å². The number of hydrogen-bond donors (Lipinski definition) is 0. The summed E-state index contributed by atoms with van der Waals surface area (Å²) in [6, 6.07) is 13.2. The fraction of sp³-hybridized carbons (Fsp3) is 0.188. The fourth-order valence-electron chi connectivity index (χ4n) is 2.65. The highest BCUT2D eigenvalue weighted by Crippen LogP contribution is 2.31. The van der Waals surface area contributed by atoms with Gasteiger partial charge in [0.05, 0.1) is 5.02 Å². The van der Waals surface area contributed by atoms with Gasteiger partial charge < -0.3 is 0 Å². The summed E-state index contributed by atoms with van der Waals surface area (Å²) in [6.45, 7) is 0. The highest BCUT2D eigenvalue weighted by Gasteiger charge is 2.28. The maximum Gasteiger partial charge on any atom is 0.168 e. The van der Waals surface area contributed by atoms with Crippen LogP contribution in [0.3, 0.4) is 0 Å². The molecule has 0 aromatic heterocycles. The molecular weight excluding hydrogens is 279 g/mol. The number of carbonyl (C=O) groups excluding carboxylic acids is 1. The zero-order chi connectivity index (χ0) is 13.4. The van der Waals surface area contributed by atoms with E-state index >= 15 is 0 Å². The predicted octanol–water partition coefficient (Wildman–Crippen LogP) is 4.59. The Balaban J connectivity index is 1.89. The van der Waals surface area contributed by atoms with Crippen LogP contribution in [-0.4, -0.2) is 5.78 Å². The van der Waals surface area contributed by atoms with Crippen LogP contribution in [0.5, 0.6) is 0 Å². The van der Waals surface area contributed by atoms with E-state index in [1.54, 1.807) is 18.2 Å². The molecule has 0 saturated heterocycles. The molecule has 2 aromatic rings. The lowest BCUT2D eigenvalue weighted by atomic mass is 9.95. The third kappa shape index (κ3) is 2.41. The van der Waals surface area contributed by atoms with Crippen LogP contribution in [0.4, 0.5) is 0 Å². The second-order valence-electron chi connectivity index (χ2n) is 4.86. The molecule has 0 radical (unpaired) electrons. The molecule has 0 atom stereocenters. The van der Waals surface area contributed by atoms with Crippen molar-refractivity contribution in [1.29, 1.82) is 0 Å². The average molecular weight is 291 g/mol. The Morgan fingerprint density at radius 1 is 1.00 bits per heavy atom. The van der Waals surface area contributed by atoms with Crippen LogP contribution < -0.4 is 0 Å². The van der Waals surface area contributed by atoms with E-state index in [0.29, 0.717) is 15.6 Å². The first-order valence-corrected chi connectivity index (χ1v) is 6.97. The van der Waals surface area contributed by atoms with Gasteiger partial charge in [-0.2, -0.15) is 0 Å². The molecule has 19 heavy (non-hydrogen) atoms. The third-order valence-electron chi connectivity index (χ3n) is 3.62. The first-order valence-electron chi connectivity index (χ1n) is 6.21. The summed E-state index contributed by atoms with van der Waals surface area (Å²) in [5, 5.41) is 1.02. The molecule has 3 heteroatoms. The van der Waals surface area contributed by atoms with Gasteiger partial charge in [0.15, 0.2) is 5.78 Å². The van der Waals surface area contributed by atoms with E-state index in [4.69, 9.17) is 23.2 Å². The first-order chi connectivity index (χ1) is 9.15. The summed E-state index contributed by atoms with van der Waals surface area (Å²) in [6.07, 6.45) is 1.58. The molecule has 0 N–H and O–H groups in total. The SMILES string of the molecule is O=C(c1cc(Cl)ccc1Cl)C1Cc2ccccc2C1. The Kier molecular flexibility index (Phi) is 3.34. The molecule has 0 unspecified atom stereocenters. The maximum absolute atomic E-state index is 12.5. The molecule has 0 fully saturated rings. The van der Waals surface area contributed by atoms with Crippen LogP contribution in [0.25, 0.3) is 0 Å². The highest BCUT2D eigenvalue weighted by atomic mass is 35.5. The molecule has 0 aliphatic heterocycles. The molecule has 0 amide bonds. The van der Waals surface area contributed by atoms with Crippen LogP contribution in [0.15, 0.2) is 42.5 Å².